The van der Waals surface area contributed by atoms with Crippen molar-refractivity contribution in [3.05, 3.63) is 0 Å². The van der Waals surface area contributed by atoms with Crippen LogP contribution in [-0.2, 0) is 0 Å². The maximum atomic E-state index is 5.27. The Morgan fingerprint density at radius 2 is 1.07 bits per heavy atom. The van der Waals surface area contributed by atoms with Crippen molar-refractivity contribution in [1.82, 2.24) is 13.3 Å². The van der Waals surface area contributed by atoms with Crippen molar-refractivity contribution in [3.63, 3.8) is 0 Å². The normalized spacial score (nSPS) is 12.0. The van der Waals surface area contributed by atoms with E-state index in [9.17, 15) is 0 Å². The summed E-state index contributed by atoms with van der Waals surface area (Å²) in [4.78, 5) is 0. The lowest BCUT2D eigenvalue weighted by molar-refractivity contribution is 0.268. The molecular weight excluding hydrogens is 297 g/mol. The first-order valence-corrected chi connectivity index (χ1v) is 5.43. The highest BCUT2D eigenvalue weighted by Crippen LogP contribution is 2.01. The van der Waals surface area contributed by atoms with Crippen LogP contribution in [0, 0.1) is 0 Å². The van der Waals surface area contributed by atoms with E-state index < -0.39 is 0 Å². The van der Waals surface area contributed by atoms with E-state index in [1.807, 2.05) is 0 Å². The average molecular weight is 317 g/mol. The summed E-state index contributed by atoms with van der Waals surface area (Å²) in [6.45, 7) is 3.31. The number of halogens is 1. The SMILES string of the molecule is NN(N)CCCN(I)CCCN(N)N. The Morgan fingerprint density at radius 1 is 0.714 bits per heavy atom. The fraction of sp³-hybridized carbons (Fsp3) is 1.00. The molecule has 0 fully saturated rings. The highest BCUT2D eigenvalue weighted by Gasteiger charge is 2.01. The topological polar surface area (TPSA) is 114 Å². The summed E-state index contributed by atoms with van der Waals surface area (Å²) in [6.07, 6.45) is 1.90. The van der Waals surface area contributed by atoms with Crippen LogP contribution >= 0.6 is 22.9 Å². The third-order valence-electron chi connectivity index (χ3n) is 1.63. The van der Waals surface area contributed by atoms with Crippen molar-refractivity contribution in [2.45, 2.75) is 12.8 Å². The molecule has 0 rings (SSSR count). The Balaban J connectivity index is 3.23. The van der Waals surface area contributed by atoms with Crippen LogP contribution in [0.15, 0.2) is 0 Å². The molecule has 0 heterocycles. The summed E-state index contributed by atoms with van der Waals surface area (Å²) in [5.74, 6) is 21.1. The quantitative estimate of drug-likeness (QED) is 0.187. The van der Waals surface area contributed by atoms with Gasteiger partial charge in [0.2, 0.25) is 0 Å². The monoisotopic (exact) mass is 317 g/mol. The van der Waals surface area contributed by atoms with Crippen molar-refractivity contribution in [2.24, 2.45) is 23.4 Å². The van der Waals surface area contributed by atoms with Gasteiger partial charge in [0.25, 0.3) is 0 Å². The van der Waals surface area contributed by atoms with Crippen molar-refractivity contribution in [2.75, 3.05) is 26.2 Å². The van der Waals surface area contributed by atoms with Gasteiger partial charge in [0, 0.05) is 49.0 Å². The third kappa shape index (κ3) is 10.5. The zero-order chi connectivity index (χ0) is 11.0. The number of nitrogens with two attached hydrogens (primary N) is 4. The predicted octanol–water partition coefficient (Wildman–Crippen LogP) is -1.48. The summed E-state index contributed by atoms with van der Waals surface area (Å²) in [5.41, 5.74) is 0. The van der Waals surface area contributed by atoms with E-state index in [4.69, 9.17) is 23.4 Å². The fourth-order valence-corrected chi connectivity index (χ4v) is 1.64. The van der Waals surface area contributed by atoms with Crippen LogP contribution in [0.4, 0.5) is 0 Å². The molecule has 0 unspecified atom stereocenters. The van der Waals surface area contributed by atoms with Gasteiger partial charge in [0.15, 0.2) is 0 Å². The Morgan fingerprint density at radius 3 is 1.36 bits per heavy atom. The van der Waals surface area contributed by atoms with Crippen LogP contribution in [0.5, 0.6) is 0 Å². The molecule has 7 nitrogen and oxygen atoms in total. The van der Waals surface area contributed by atoms with E-state index in [0.717, 1.165) is 25.9 Å². The summed E-state index contributed by atoms with van der Waals surface area (Å²) < 4.78 is 2.17. The van der Waals surface area contributed by atoms with Gasteiger partial charge in [0.1, 0.15) is 0 Å². The molecular formula is C6H20IN7. The summed E-state index contributed by atoms with van der Waals surface area (Å²) >= 11 is 2.27. The smallest absolute Gasteiger partial charge is 0.0295 e. The molecule has 14 heavy (non-hydrogen) atoms. The molecule has 0 aliphatic carbocycles. The predicted molar refractivity (Wildman–Crippen MR) is 65.0 cm³/mol. The number of hydrogen-bond donors (Lipinski definition) is 4. The number of hydrogen-bond acceptors (Lipinski definition) is 7. The molecule has 0 atom stereocenters. The molecule has 86 valence electrons. The lowest BCUT2D eigenvalue weighted by atomic mass is 10.4. The molecule has 0 aromatic rings. The molecule has 0 aliphatic heterocycles. The third-order valence-corrected chi connectivity index (χ3v) is 2.60. The van der Waals surface area contributed by atoms with Crippen LogP contribution in [0.3, 0.4) is 0 Å². The van der Waals surface area contributed by atoms with Gasteiger partial charge in [0.05, 0.1) is 0 Å². The molecule has 0 aromatic heterocycles. The lowest BCUT2D eigenvalue weighted by Crippen LogP contribution is -2.40. The zero-order valence-electron chi connectivity index (χ0n) is 8.27. The molecule has 0 aromatic carbocycles. The molecule has 0 saturated heterocycles. The first-order valence-electron chi connectivity index (χ1n) is 4.47. The van der Waals surface area contributed by atoms with Crippen molar-refractivity contribution in [1.29, 1.82) is 0 Å². The van der Waals surface area contributed by atoms with E-state index in [1.54, 1.807) is 0 Å². The molecule has 0 saturated carbocycles. The van der Waals surface area contributed by atoms with Crippen LogP contribution in [-0.4, -0.2) is 39.5 Å². The maximum Gasteiger partial charge on any atom is 0.0295 e. The van der Waals surface area contributed by atoms with Gasteiger partial charge in [-0.05, 0) is 12.8 Å². The Hall–Kier alpha value is 0.450. The zero-order valence-corrected chi connectivity index (χ0v) is 10.4. The second-order valence-corrected chi connectivity index (χ2v) is 4.46. The van der Waals surface area contributed by atoms with Crippen molar-refractivity contribution >= 4 is 22.9 Å². The Labute approximate surface area is 98.7 Å². The van der Waals surface area contributed by atoms with Crippen molar-refractivity contribution < 1.29 is 0 Å². The average Bonchev–Trinajstić information content (AvgIpc) is 2.02. The van der Waals surface area contributed by atoms with E-state index in [2.05, 4.69) is 26.0 Å². The van der Waals surface area contributed by atoms with Crippen LogP contribution in [0.25, 0.3) is 0 Å². The van der Waals surface area contributed by atoms with Gasteiger partial charge in [-0.2, -0.15) is 10.2 Å². The number of nitrogens with zero attached hydrogens (tertiary/aromatic N) is 3. The maximum absolute atomic E-state index is 5.27. The fourth-order valence-electron chi connectivity index (χ4n) is 0.962. The second kappa shape index (κ2) is 8.73. The van der Waals surface area contributed by atoms with E-state index in [1.165, 1.54) is 10.2 Å². The first-order chi connectivity index (χ1) is 6.52. The highest BCUT2D eigenvalue weighted by molar-refractivity contribution is 14.1. The minimum Gasteiger partial charge on any atom is -0.255 e. The molecule has 0 radical (unpaired) electrons. The molecule has 0 aliphatic rings. The molecule has 0 spiro atoms. The highest BCUT2D eigenvalue weighted by atomic mass is 127. The van der Waals surface area contributed by atoms with Gasteiger partial charge in [-0.25, -0.2) is 3.11 Å². The van der Waals surface area contributed by atoms with Crippen LogP contribution in [0.2, 0.25) is 0 Å². The van der Waals surface area contributed by atoms with Gasteiger partial charge in [-0.15, -0.1) is 0 Å². The van der Waals surface area contributed by atoms with E-state index in [0.29, 0.717) is 13.1 Å². The standard InChI is InChI=1S/C6H20IN7/c7-12(3-1-5-13(8)9)4-2-6-14(10)11/h1-6,8-11H2. The van der Waals surface area contributed by atoms with E-state index in [-0.39, 0.29) is 0 Å². The van der Waals surface area contributed by atoms with Gasteiger partial charge < -0.3 is 0 Å². The molecule has 0 bridgehead atoms. The minimum atomic E-state index is 0.694. The summed E-state index contributed by atoms with van der Waals surface area (Å²) in [7, 11) is 0. The Kier molecular flexibility index (Phi) is 9.01. The number of rotatable bonds is 8. The first kappa shape index (κ1) is 14.5. The van der Waals surface area contributed by atoms with Gasteiger partial charge in [-0.1, -0.05) is 0 Å². The Bertz CT molecular complexity index is 117. The minimum absolute atomic E-state index is 0.694. The van der Waals surface area contributed by atoms with E-state index >= 15 is 0 Å². The van der Waals surface area contributed by atoms with Gasteiger partial charge in [-0.3, -0.25) is 23.4 Å². The van der Waals surface area contributed by atoms with Crippen molar-refractivity contribution in [3.8, 4) is 0 Å². The van der Waals surface area contributed by atoms with Crippen LogP contribution in [0.1, 0.15) is 12.8 Å². The molecule has 0 amide bonds. The number of hydrazine groups is 4. The largest absolute Gasteiger partial charge is 0.255 e. The second-order valence-electron chi connectivity index (χ2n) is 3.09. The van der Waals surface area contributed by atoms with Gasteiger partial charge >= 0.3 is 0 Å². The summed E-state index contributed by atoms with van der Waals surface area (Å²) in [6, 6.07) is 0. The molecule has 8 heteroatoms. The lowest BCUT2D eigenvalue weighted by Gasteiger charge is -2.16. The summed E-state index contributed by atoms with van der Waals surface area (Å²) in [5, 5.41) is 2.40. The van der Waals surface area contributed by atoms with Crippen LogP contribution < -0.4 is 23.4 Å². The molecule has 8 N–H and O–H groups in total.